The fourth-order valence-electron chi connectivity index (χ4n) is 3.96. The second-order valence-electron chi connectivity index (χ2n) is 8.61. The van der Waals surface area contributed by atoms with Crippen molar-refractivity contribution >= 4 is 17.5 Å². The molecule has 6 heteroatoms. The van der Waals surface area contributed by atoms with Gasteiger partial charge in [0.25, 0.3) is 5.91 Å². The zero-order valence-corrected chi connectivity index (χ0v) is 17.4. The molecule has 2 atom stereocenters. The van der Waals surface area contributed by atoms with Crippen molar-refractivity contribution < 1.29 is 9.59 Å². The molecular formula is C24H26N4O2. The SMILES string of the molecule is CC(C)(C)NC(=O)C1C(Cc2ccccc2)n2nccc2C(=O)N1c1ccccc1. The Balaban J connectivity index is 1.84. The van der Waals surface area contributed by atoms with Crippen LogP contribution in [-0.2, 0) is 11.2 Å². The molecule has 2 heterocycles. The molecule has 1 aliphatic heterocycles. The number of amides is 2. The molecule has 30 heavy (non-hydrogen) atoms. The number of fused-ring (bicyclic) bond motifs is 1. The zero-order valence-electron chi connectivity index (χ0n) is 17.4. The van der Waals surface area contributed by atoms with Crippen LogP contribution in [0.5, 0.6) is 0 Å². The van der Waals surface area contributed by atoms with E-state index >= 15 is 0 Å². The average Bonchev–Trinajstić information content (AvgIpc) is 3.20. The molecule has 0 aliphatic carbocycles. The van der Waals surface area contributed by atoms with Crippen LogP contribution in [0.4, 0.5) is 5.69 Å². The van der Waals surface area contributed by atoms with Crippen molar-refractivity contribution in [2.75, 3.05) is 4.90 Å². The quantitative estimate of drug-likeness (QED) is 0.725. The molecule has 154 valence electrons. The van der Waals surface area contributed by atoms with E-state index in [9.17, 15) is 9.59 Å². The molecule has 0 bridgehead atoms. The van der Waals surface area contributed by atoms with E-state index in [0.29, 0.717) is 17.8 Å². The monoisotopic (exact) mass is 402 g/mol. The molecule has 1 aliphatic rings. The number of nitrogens with zero attached hydrogens (tertiary/aromatic N) is 3. The van der Waals surface area contributed by atoms with E-state index in [1.54, 1.807) is 21.8 Å². The van der Waals surface area contributed by atoms with Gasteiger partial charge < -0.3 is 5.32 Å². The van der Waals surface area contributed by atoms with Crippen LogP contribution in [0.3, 0.4) is 0 Å². The minimum absolute atomic E-state index is 0.193. The average molecular weight is 402 g/mol. The summed E-state index contributed by atoms with van der Waals surface area (Å²) in [7, 11) is 0. The predicted octanol–water partition coefficient (Wildman–Crippen LogP) is 3.61. The number of rotatable bonds is 4. The summed E-state index contributed by atoms with van der Waals surface area (Å²) < 4.78 is 1.71. The summed E-state index contributed by atoms with van der Waals surface area (Å²) in [4.78, 5) is 28.6. The first kappa shape index (κ1) is 19.9. The van der Waals surface area contributed by atoms with Gasteiger partial charge in [-0.25, -0.2) is 0 Å². The molecule has 6 nitrogen and oxygen atoms in total. The summed E-state index contributed by atoms with van der Waals surface area (Å²) in [5.74, 6) is -0.418. The summed E-state index contributed by atoms with van der Waals surface area (Å²) in [5.41, 5.74) is 1.84. The topological polar surface area (TPSA) is 67.2 Å². The summed E-state index contributed by atoms with van der Waals surface area (Å²) in [5, 5.41) is 7.51. The highest BCUT2D eigenvalue weighted by Crippen LogP contribution is 2.33. The zero-order chi connectivity index (χ0) is 21.3. The van der Waals surface area contributed by atoms with Gasteiger partial charge in [-0.2, -0.15) is 5.10 Å². The minimum Gasteiger partial charge on any atom is -0.350 e. The van der Waals surface area contributed by atoms with E-state index in [2.05, 4.69) is 10.4 Å². The Hall–Kier alpha value is -3.41. The van der Waals surface area contributed by atoms with Gasteiger partial charge in [-0.1, -0.05) is 48.5 Å². The molecule has 2 aromatic carbocycles. The van der Waals surface area contributed by atoms with Crippen LogP contribution in [0.25, 0.3) is 0 Å². The molecule has 1 aromatic heterocycles. The van der Waals surface area contributed by atoms with Crippen molar-refractivity contribution in [2.24, 2.45) is 0 Å². The van der Waals surface area contributed by atoms with Crippen LogP contribution >= 0.6 is 0 Å². The highest BCUT2D eigenvalue weighted by Gasteiger charge is 2.45. The van der Waals surface area contributed by atoms with Gasteiger partial charge in [0.05, 0.1) is 6.04 Å². The highest BCUT2D eigenvalue weighted by atomic mass is 16.2. The lowest BCUT2D eigenvalue weighted by molar-refractivity contribution is -0.125. The maximum Gasteiger partial charge on any atom is 0.277 e. The number of aromatic nitrogens is 2. The van der Waals surface area contributed by atoms with Crippen LogP contribution in [0.1, 0.15) is 42.9 Å². The van der Waals surface area contributed by atoms with Gasteiger partial charge in [0, 0.05) is 17.4 Å². The van der Waals surface area contributed by atoms with Gasteiger partial charge >= 0.3 is 0 Å². The van der Waals surface area contributed by atoms with Crippen molar-refractivity contribution in [3.8, 4) is 0 Å². The molecular weight excluding hydrogens is 376 g/mol. The number of hydrogen-bond acceptors (Lipinski definition) is 3. The van der Waals surface area contributed by atoms with Crippen LogP contribution in [0.2, 0.25) is 0 Å². The number of anilines is 1. The van der Waals surface area contributed by atoms with E-state index in [-0.39, 0.29) is 17.9 Å². The number of para-hydroxylation sites is 1. The number of hydrogen-bond donors (Lipinski definition) is 1. The summed E-state index contributed by atoms with van der Waals surface area (Å²) >= 11 is 0. The van der Waals surface area contributed by atoms with Gasteiger partial charge in [0.2, 0.25) is 5.91 Å². The highest BCUT2D eigenvalue weighted by molar-refractivity contribution is 6.10. The first-order valence-corrected chi connectivity index (χ1v) is 10.1. The molecule has 3 aromatic rings. The normalized spacial score (nSPS) is 18.8. The Morgan fingerprint density at radius 2 is 1.63 bits per heavy atom. The van der Waals surface area contributed by atoms with Crippen molar-refractivity contribution in [1.82, 2.24) is 15.1 Å². The van der Waals surface area contributed by atoms with Gasteiger partial charge in [0.1, 0.15) is 11.7 Å². The van der Waals surface area contributed by atoms with Crippen molar-refractivity contribution in [3.05, 3.63) is 84.2 Å². The Morgan fingerprint density at radius 3 is 2.27 bits per heavy atom. The van der Waals surface area contributed by atoms with Crippen LogP contribution in [0.15, 0.2) is 72.9 Å². The second kappa shape index (κ2) is 7.78. The van der Waals surface area contributed by atoms with Crippen LogP contribution < -0.4 is 10.2 Å². The fourth-order valence-corrected chi connectivity index (χ4v) is 3.96. The Labute approximate surface area is 176 Å². The van der Waals surface area contributed by atoms with Gasteiger partial charge in [-0.05, 0) is 51.0 Å². The number of benzene rings is 2. The molecule has 1 N–H and O–H groups in total. The van der Waals surface area contributed by atoms with Gasteiger partial charge in [0.15, 0.2) is 0 Å². The third-order valence-corrected chi connectivity index (χ3v) is 5.15. The molecule has 2 amide bonds. The van der Waals surface area contributed by atoms with Crippen molar-refractivity contribution in [3.63, 3.8) is 0 Å². The summed E-state index contributed by atoms with van der Waals surface area (Å²) in [6.07, 6.45) is 2.20. The molecule has 0 saturated heterocycles. The lowest BCUT2D eigenvalue weighted by Crippen LogP contribution is -2.60. The van der Waals surface area contributed by atoms with Gasteiger partial charge in [-0.3, -0.25) is 19.2 Å². The predicted molar refractivity (Wildman–Crippen MR) is 116 cm³/mol. The van der Waals surface area contributed by atoms with Crippen molar-refractivity contribution in [1.29, 1.82) is 0 Å². The van der Waals surface area contributed by atoms with Crippen LogP contribution in [0, 0.1) is 0 Å². The fraction of sp³-hybridized carbons (Fsp3) is 0.292. The first-order chi connectivity index (χ1) is 14.3. The number of nitrogens with one attached hydrogen (secondary N) is 1. The lowest BCUT2D eigenvalue weighted by atomic mass is 9.93. The maximum atomic E-state index is 13.5. The standard InChI is InChI=1S/C24H26N4O2/c1-24(2,3)26-22(29)21-20(16-17-10-6-4-7-11-17)28-19(14-15-25-28)23(30)27(21)18-12-8-5-9-13-18/h4-15,20-21H,16H2,1-3H3,(H,26,29). The Kier molecular flexibility index (Phi) is 5.16. The first-order valence-electron chi connectivity index (χ1n) is 10.1. The van der Waals surface area contributed by atoms with Crippen LogP contribution in [-0.4, -0.2) is 33.2 Å². The molecule has 0 fully saturated rings. The van der Waals surface area contributed by atoms with E-state index in [1.165, 1.54) is 0 Å². The van der Waals surface area contributed by atoms with E-state index < -0.39 is 11.6 Å². The summed E-state index contributed by atoms with van der Waals surface area (Å²) in [6, 6.07) is 20.0. The van der Waals surface area contributed by atoms with Crippen molar-refractivity contribution in [2.45, 2.75) is 44.8 Å². The smallest absolute Gasteiger partial charge is 0.277 e. The molecule has 0 saturated carbocycles. The van der Waals surface area contributed by atoms with E-state index in [1.807, 2.05) is 81.4 Å². The van der Waals surface area contributed by atoms with E-state index in [4.69, 9.17) is 0 Å². The largest absolute Gasteiger partial charge is 0.350 e. The molecule has 0 spiro atoms. The second-order valence-corrected chi connectivity index (χ2v) is 8.61. The third-order valence-electron chi connectivity index (χ3n) is 5.15. The van der Waals surface area contributed by atoms with E-state index in [0.717, 1.165) is 5.56 Å². The minimum atomic E-state index is -0.730. The van der Waals surface area contributed by atoms with Gasteiger partial charge in [-0.15, -0.1) is 0 Å². The number of carbonyl (C=O) groups is 2. The Morgan fingerprint density at radius 1 is 1.00 bits per heavy atom. The number of carbonyl (C=O) groups excluding carboxylic acids is 2. The Bertz CT molecular complexity index is 1040. The summed E-state index contributed by atoms with van der Waals surface area (Å²) in [6.45, 7) is 5.82. The third kappa shape index (κ3) is 3.85. The molecule has 4 rings (SSSR count). The molecule has 2 unspecified atom stereocenters. The maximum absolute atomic E-state index is 13.5. The molecule has 0 radical (unpaired) electrons. The lowest BCUT2D eigenvalue weighted by Gasteiger charge is -2.41.